The fourth-order valence-electron chi connectivity index (χ4n) is 7.25. The van der Waals surface area contributed by atoms with Crippen LogP contribution in [0.4, 0.5) is 15.0 Å². The van der Waals surface area contributed by atoms with E-state index in [4.69, 9.17) is 21.3 Å². The molecule has 0 unspecified atom stereocenters. The number of halogens is 2. The van der Waals surface area contributed by atoms with E-state index in [1.807, 2.05) is 29.2 Å². The zero-order valence-electron chi connectivity index (χ0n) is 24.0. The number of rotatable bonds is 6. The molecule has 3 fully saturated rings. The standard InChI is InChI=1S/C32H31ClFN7O3/c33-24-8-2-6-20-5-1-7-22(25(20)24)27-26(34)28-23(17-36-27)29(39-15-16-41(31(42)43)21(18-39)9-12-35)38-30(37-28)44-19-32-10-3-13-40(32)14-4-11-32/h1-2,5-8,17,21H,3-4,9-11,13-16,18-19H2,(H,42,43)/t21-/m0/s1. The van der Waals surface area contributed by atoms with E-state index < -0.39 is 18.0 Å². The molecule has 0 saturated carbocycles. The molecular weight excluding hydrogens is 585 g/mol. The van der Waals surface area contributed by atoms with Crippen LogP contribution in [0.15, 0.2) is 42.6 Å². The van der Waals surface area contributed by atoms with Crippen LogP contribution in [-0.4, -0.2) is 86.9 Å². The number of carboxylic acid groups (broad SMARTS) is 1. The minimum Gasteiger partial charge on any atom is -0.465 e. The number of amides is 1. The number of anilines is 1. The average Bonchev–Trinajstić information content (AvgIpc) is 3.61. The van der Waals surface area contributed by atoms with Gasteiger partial charge in [0, 0.05) is 41.8 Å². The van der Waals surface area contributed by atoms with E-state index in [2.05, 4.69) is 20.9 Å². The Bertz CT molecular complexity index is 1800. The molecule has 3 saturated heterocycles. The van der Waals surface area contributed by atoms with Crippen molar-refractivity contribution in [3.63, 3.8) is 0 Å². The third-order valence-electron chi connectivity index (χ3n) is 9.39. The van der Waals surface area contributed by atoms with Crippen molar-refractivity contribution in [3.8, 4) is 23.3 Å². The normalized spacial score (nSPS) is 19.8. The summed E-state index contributed by atoms with van der Waals surface area (Å²) in [5.41, 5.74) is 0.654. The van der Waals surface area contributed by atoms with Crippen molar-refractivity contribution < 1.29 is 19.0 Å². The molecule has 10 nitrogen and oxygen atoms in total. The van der Waals surface area contributed by atoms with Crippen molar-refractivity contribution in [3.05, 3.63) is 53.4 Å². The summed E-state index contributed by atoms with van der Waals surface area (Å²) >= 11 is 6.58. The molecule has 1 amide bonds. The predicted molar refractivity (Wildman–Crippen MR) is 164 cm³/mol. The molecule has 1 N–H and O–H groups in total. The smallest absolute Gasteiger partial charge is 0.407 e. The maximum atomic E-state index is 16.7. The molecule has 1 atom stereocenters. The van der Waals surface area contributed by atoms with Crippen LogP contribution in [0.25, 0.3) is 32.9 Å². The van der Waals surface area contributed by atoms with E-state index in [0.29, 0.717) is 40.3 Å². The second-order valence-electron chi connectivity index (χ2n) is 11.8. The molecule has 0 aliphatic carbocycles. The first-order valence-electron chi connectivity index (χ1n) is 14.9. The van der Waals surface area contributed by atoms with Crippen LogP contribution in [0.2, 0.25) is 5.02 Å². The summed E-state index contributed by atoms with van der Waals surface area (Å²) in [5, 5.41) is 21.5. The number of pyridine rings is 1. The van der Waals surface area contributed by atoms with Crippen LogP contribution in [0, 0.1) is 17.1 Å². The highest BCUT2D eigenvalue weighted by molar-refractivity contribution is 6.36. The van der Waals surface area contributed by atoms with Crippen LogP contribution < -0.4 is 9.64 Å². The lowest BCUT2D eigenvalue weighted by molar-refractivity contribution is 0.107. The molecule has 3 aliphatic rings. The summed E-state index contributed by atoms with van der Waals surface area (Å²) in [6.07, 6.45) is 4.78. The Kier molecular flexibility index (Phi) is 7.34. The number of aromatic nitrogens is 3. The Balaban J connectivity index is 1.34. The maximum Gasteiger partial charge on any atom is 0.407 e. The van der Waals surface area contributed by atoms with Gasteiger partial charge in [0.05, 0.1) is 29.5 Å². The van der Waals surface area contributed by atoms with E-state index in [-0.39, 0.29) is 42.3 Å². The summed E-state index contributed by atoms with van der Waals surface area (Å²) < 4.78 is 23.0. The van der Waals surface area contributed by atoms with Crippen LogP contribution in [-0.2, 0) is 0 Å². The lowest BCUT2D eigenvalue weighted by atomic mass is 9.95. The van der Waals surface area contributed by atoms with Crippen molar-refractivity contribution in [1.82, 2.24) is 24.8 Å². The molecule has 4 aromatic rings. The number of hydrogen-bond donors (Lipinski definition) is 1. The summed E-state index contributed by atoms with van der Waals surface area (Å²) in [7, 11) is 0. The van der Waals surface area contributed by atoms with E-state index in [1.165, 1.54) is 4.90 Å². The second kappa shape index (κ2) is 11.3. The number of ether oxygens (including phenoxy) is 1. The Hall–Kier alpha value is -4.27. The molecule has 0 radical (unpaired) electrons. The number of carbonyl (C=O) groups is 1. The SMILES string of the molecule is N#CC[C@H]1CN(c2nc(OCC34CCCN3CCC4)nc3c(F)c(-c4cccc5cccc(Cl)c45)ncc23)CCN1C(=O)O. The molecule has 0 spiro atoms. The summed E-state index contributed by atoms with van der Waals surface area (Å²) in [5.74, 6) is -0.221. The van der Waals surface area contributed by atoms with E-state index in [9.17, 15) is 15.2 Å². The molecule has 44 heavy (non-hydrogen) atoms. The molecule has 3 aliphatic heterocycles. The van der Waals surface area contributed by atoms with Gasteiger partial charge in [-0.1, -0.05) is 41.9 Å². The Morgan fingerprint density at radius 2 is 1.91 bits per heavy atom. The van der Waals surface area contributed by atoms with Crippen LogP contribution in [0.1, 0.15) is 32.1 Å². The largest absolute Gasteiger partial charge is 0.465 e. The van der Waals surface area contributed by atoms with Gasteiger partial charge in [-0.05, 0) is 50.2 Å². The Morgan fingerprint density at radius 1 is 1.14 bits per heavy atom. The predicted octanol–water partition coefficient (Wildman–Crippen LogP) is 5.73. The van der Waals surface area contributed by atoms with Gasteiger partial charge in [0.2, 0.25) is 0 Å². The van der Waals surface area contributed by atoms with Crippen LogP contribution >= 0.6 is 11.6 Å². The number of benzene rings is 2. The van der Waals surface area contributed by atoms with Crippen molar-refractivity contribution in [2.24, 2.45) is 0 Å². The molecule has 5 heterocycles. The third kappa shape index (κ3) is 4.82. The van der Waals surface area contributed by atoms with Gasteiger partial charge >= 0.3 is 12.1 Å². The van der Waals surface area contributed by atoms with Crippen molar-refractivity contribution in [1.29, 1.82) is 5.26 Å². The number of fused-ring (bicyclic) bond motifs is 3. The fraction of sp³-hybridized carbons (Fsp3) is 0.406. The topological polar surface area (TPSA) is 119 Å². The molecule has 0 bridgehead atoms. The van der Waals surface area contributed by atoms with Crippen molar-refractivity contribution >= 4 is 45.2 Å². The quantitative estimate of drug-likeness (QED) is 0.290. The third-order valence-corrected chi connectivity index (χ3v) is 9.70. The molecule has 2 aromatic carbocycles. The lowest BCUT2D eigenvalue weighted by Crippen LogP contribution is -2.55. The molecule has 2 aromatic heterocycles. The van der Waals surface area contributed by atoms with Crippen LogP contribution in [0.5, 0.6) is 6.01 Å². The summed E-state index contributed by atoms with van der Waals surface area (Å²) in [4.78, 5) is 31.4. The summed E-state index contributed by atoms with van der Waals surface area (Å²) in [6.45, 7) is 3.17. The monoisotopic (exact) mass is 615 g/mol. The van der Waals surface area contributed by atoms with Gasteiger partial charge in [0.1, 0.15) is 23.6 Å². The number of nitriles is 1. The van der Waals surface area contributed by atoms with Gasteiger partial charge in [-0.25, -0.2) is 9.18 Å². The molecule has 7 rings (SSSR count). The maximum absolute atomic E-state index is 16.7. The number of nitrogens with zero attached hydrogens (tertiary/aromatic N) is 7. The average molecular weight is 616 g/mol. The fourth-order valence-corrected chi connectivity index (χ4v) is 7.53. The van der Waals surface area contributed by atoms with Crippen molar-refractivity contribution in [2.75, 3.05) is 44.2 Å². The zero-order valence-corrected chi connectivity index (χ0v) is 24.8. The highest BCUT2D eigenvalue weighted by atomic mass is 35.5. The van der Waals surface area contributed by atoms with Gasteiger partial charge in [0.15, 0.2) is 5.82 Å². The highest BCUT2D eigenvalue weighted by Gasteiger charge is 2.45. The van der Waals surface area contributed by atoms with E-state index in [0.717, 1.165) is 44.2 Å². The Labute approximate surface area is 258 Å². The van der Waals surface area contributed by atoms with Crippen LogP contribution in [0.3, 0.4) is 0 Å². The summed E-state index contributed by atoms with van der Waals surface area (Å²) in [6, 6.07) is 12.7. The van der Waals surface area contributed by atoms with Gasteiger partial charge in [-0.15, -0.1) is 0 Å². The second-order valence-corrected chi connectivity index (χ2v) is 12.2. The van der Waals surface area contributed by atoms with Gasteiger partial charge in [0.25, 0.3) is 0 Å². The molecule has 12 heteroatoms. The first kappa shape index (κ1) is 28.5. The molecular formula is C32H31ClFN7O3. The minimum absolute atomic E-state index is 0.0200. The van der Waals surface area contributed by atoms with Gasteiger partial charge in [-0.3, -0.25) is 9.88 Å². The van der Waals surface area contributed by atoms with E-state index >= 15 is 4.39 Å². The number of hydrogen-bond acceptors (Lipinski definition) is 8. The first-order chi connectivity index (χ1) is 21.4. The molecule has 226 valence electrons. The number of piperazine rings is 1. The van der Waals surface area contributed by atoms with E-state index in [1.54, 1.807) is 18.3 Å². The Morgan fingerprint density at radius 3 is 2.66 bits per heavy atom. The van der Waals surface area contributed by atoms with Gasteiger partial charge < -0.3 is 19.6 Å². The minimum atomic E-state index is -1.08. The lowest BCUT2D eigenvalue weighted by Gasteiger charge is -2.40. The van der Waals surface area contributed by atoms with Crippen molar-refractivity contribution in [2.45, 2.75) is 43.7 Å². The highest BCUT2D eigenvalue weighted by Crippen LogP contribution is 2.40. The first-order valence-corrected chi connectivity index (χ1v) is 15.3. The van der Waals surface area contributed by atoms with Gasteiger partial charge in [-0.2, -0.15) is 15.2 Å². The zero-order chi connectivity index (χ0) is 30.4.